The van der Waals surface area contributed by atoms with Crippen molar-refractivity contribution in [2.24, 2.45) is 17.8 Å². The Kier molecular flexibility index (Phi) is 14.8. The van der Waals surface area contributed by atoms with Gasteiger partial charge in [0.05, 0.1) is 24.3 Å². The average molecular weight is 852 g/mol. The molecule has 1 aromatic rings. The van der Waals surface area contributed by atoms with Crippen LogP contribution in [0.15, 0.2) is 54.6 Å². The molecule has 7 aliphatic rings. The molecule has 11 nitrogen and oxygen atoms in total. The van der Waals surface area contributed by atoms with Crippen molar-refractivity contribution in [3.8, 4) is 6.07 Å². The third-order valence-electron chi connectivity index (χ3n) is 17.0. The minimum absolute atomic E-state index is 0.00690. The first kappa shape index (κ1) is 46.1. The predicted molar refractivity (Wildman–Crippen MR) is 245 cm³/mol. The van der Waals surface area contributed by atoms with E-state index in [0.29, 0.717) is 43.6 Å². The summed E-state index contributed by atoms with van der Waals surface area (Å²) in [6.45, 7) is 4.84. The first-order valence-electron chi connectivity index (χ1n) is 24.2. The van der Waals surface area contributed by atoms with E-state index in [1.165, 1.54) is 51.2 Å². The molecule has 2 saturated heterocycles. The normalized spacial score (nSPS) is 31.2. The molecule has 1 unspecified atom stereocenters. The van der Waals surface area contributed by atoms with Crippen LogP contribution in [-0.4, -0.2) is 139 Å². The lowest BCUT2D eigenvalue weighted by Gasteiger charge is -2.54. The van der Waals surface area contributed by atoms with Gasteiger partial charge in [0.1, 0.15) is 0 Å². The molecule has 2 heterocycles. The second-order valence-corrected chi connectivity index (χ2v) is 20.6. The summed E-state index contributed by atoms with van der Waals surface area (Å²) in [6.07, 6.45) is 28.8. The number of nitrogens with zero attached hydrogens (tertiary/aromatic N) is 7. The van der Waals surface area contributed by atoms with Crippen LogP contribution >= 0.6 is 0 Å². The number of hydrogen-bond donors (Lipinski definition) is 0. The standard InChI is InChI=1S/C26H39N3O3.C25H38N4O/c1-27(2)26(22-11-5-4-6-12-22)16-14-25(15-17-26)20-28(18-8-13-23(30)32-3)24(31)29(25)19-21-9-7-10-21;1-27(2)25(22-11-4-3-5-12-22)15-13-24(14-16-25)20-28(18-7-6-17-26)23(30)29(24)19-21-9-8-10-21/h4-6,11-12,21H,7-10,13-20H2,1-3H3;3-5,11,21-22H,6-10,12-16,18-20H2,1-2H3. The SMILES string of the molecule is CN(C)C1(C2C=CC=CC2)CCC2(CC1)CN(CCCC#N)C(=O)N2CC1CCC1.COC(=O)CCCN1CC2(CCC(c3ccccc3)(N(C)C)CC2)N(CC2CCC2)C1=O. The van der Waals surface area contributed by atoms with Gasteiger partial charge in [-0.05, 0) is 148 Å². The molecule has 2 aliphatic heterocycles. The van der Waals surface area contributed by atoms with Crippen molar-refractivity contribution >= 4 is 18.0 Å². The van der Waals surface area contributed by atoms with Crippen LogP contribution in [-0.2, 0) is 15.1 Å². The number of allylic oxidation sites excluding steroid dienone is 3. The van der Waals surface area contributed by atoms with Crippen LogP contribution in [0, 0.1) is 29.1 Å². The van der Waals surface area contributed by atoms with Crippen LogP contribution in [0.3, 0.4) is 0 Å². The zero-order valence-electron chi connectivity index (χ0n) is 38.9. The highest BCUT2D eigenvalue weighted by Crippen LogP contribution is 2.51. The van der Waals surface area contributed by atoms with Crippen molar-refractivity contribution in [1.29, 1.82) is 5.26 Å². The Labute approximate surface area is 373 Å². The quantitative estimate of drug-likeness (QED) is 0.128. The molecule has 0 aromatic heterocycles. The monoisotopic (exact) mass is 852 g/mol. The van der Waals surface area contributed by atoms with Crippen LogP contribution in [0.4, 0.5) is 9.59 Å². The van der Waals surface area contributed by atoms with Crippen LogP contribution in [0.5, 0.6) is 0 Å². The fourth-order valence-corrected chi connectivity index (χ4v) is 12.4. The van der Waals surface area contributed by atoms with Gasteiger partial charge in [-0.1, -0.05) is 67.5 Å². The topological polar surface area (TPSA) is 104 Å². The van der Waals surface area contributed by atoms with Gasteiger partial charge in [-0.25, -0.2) is 9.59 Å². The Morgan fingerprint density at radius 1 is 0.758 bits per heavy atom. The Balaban J connectivity index is 0.000000187. The number of carbonyl (C=O) groups excluding carboxylic acids is 3. The van der Waals surface area contributed by atoms with Gasteiger partial charge in [-0.2, -0.15) is 5.26 Å². The van der Waals surface area contributed by atoms with E-state index in [1.807, 2.05) is 4.90 Å². The minimum Gasteiger partial charge on any atom is -0.469 e. The van der Waals surface area contributed by atoms with E-state index >= 15 is 0 Å². The van der Waals surface area contributed by atoms with Crippen molar-refractivity contribution in [2.75, 3.05) is 74.6 Å². The highest BCUT2D eigenvalue weighted by molar-refractivity contribution is 5.79. The number of rotatable bonds is 15. The summed E-state index contributed by atoms with van der Waals surface area (Å²) in [5.41, 5.74) is 1.51. The molecule has 1 atom stereocenters. The van der Waals surface area contributed by atoms with E-state index in [4.69, 9.17) is 10.00 Å². The number of urea groups is 2. The van der Waals surface area contributed by atoms with Gasteiger partial charge in [0.2, 0.25) is 0 Å². The fourth-order valence-electron chi connectivity index (χ4n) is 12.4. The summed E-state index contributed by atoms with van der Waals surface area (Å²) in [4.78, 5) is 51.8. The third kappa shape index (κ3) is 9.34. The third-order valence-corrected chi connectivity index (χ3v) is 17.0. The van der Waals surface area contributed by atoms with Crippen LogP contribution in [0.2, 0.25) is 0 Å². The van der Waals surface area contributed by atoms with Crippen molar-refractivity contribution in [3.63, 3.8) is 0 Å². The van der Waals surface area contributed by atoms with Gasteiger partial charge in [0.25, 0.3) is 0 Å². The molecule has 1 aromatic carbocycles. The Morgan fingerprint density at radius 2 is 1.31 bits per heavy atom. The summed E-state index contributed by atoms with van der Waals surface area (Å²) < 4.78 is 4.78. The zero-order valence-corrected chi connectivity index (χ0v) is 38.9. The molecule has 8 rings (SSSR count). The van der Waals surface area contributed by atoms with Gasteiger partial charge in [-0.3, -0.25) is 9.69 Å². The van der Waals surface area contributed by atoms with Crippen LogP contribution in [0.25, 0.3) is 0 Å². The summed E-state index contributed by atoms with van der Waals surface area (Å²) >= 11 is 0. The molecular formula is C51H77N7O4. The largest absolute Gasteiger partial charge is 0.469 e. The molecule has 11 heteroatoms. The molecule has 5 aliphatic carbocycles. The minimum atomic E-state index is -0.200. The maximum absolute atomic E-state index is 13.5. The molecular weight excluding hydrogens is 775 g/mol. The number of unbranched alkanes of at least 4 members (excludes halogenated alkanes) is 1. The van der Waals surface area contributed by atoms with Gasteiger partial charge in [0.15, 0.2) is 0 Å². The van der Waals surface area contributed by atoms with Crippen LogP contribution < -0.4 is 0 Å². The molecule has 340 valence electrons. The number of carbonyl (C=O) groups is 3. The van der Waals surface area contributed by atoms with Crippen molar-refractivity contribution in [3.05, 3.63) is 60.2 Å². The molecule has 0 radical (unpaired) electrons. The first-order chi connectivity index (χ1) is 29.9. The van der Waals surface area contributed by atoms with Crippen molar-refractivity contribution in [1.82, 2.24) is 29.4 Å². The molecule has 62 heavy (non-hydrogen) atoms. The Hall–Kier alpha value is -3.88. The molecule has 4 saturated carbocycles. The number of ether oxygens (including phenoxy) is 1. The predicted octanol–water partition coefficient (Wildman–Crippen LogP) is 8.82. The first-order valence-corrected chi connectivity index (χ1v) is 24.2. The summed E-state index contributed by atoms with van der Waals surface area (Å²) in [5.74, 6) is 1.70. The van der Waals surface area contributed by atoms with E-state index in [-0.39, 0.29) is 40.2 Å². The molecule has 0 N–H and O–H groups in total. The van der Waals surface area contributed by atoms with E-state index in [1.54, 1.807) is 0 Å². The average Bonchev–Trinajstić information content (AvgIpc) is 3.65. The van der Waals surface area contributed by atoms with Crippen LogP contribution in [0.1, 0.15) is 128 Å². The van der Waals surface area contributed by atoms with Gasteiger partial charge < -0.3 is 29.2 Å². The number of nitriles is 1. The Bertz CT molecular complexity index is 1780. The lowest BCUT2D eigenvalue weighted by Crippen LogP contribution is -2.59. The van der Waals surface area contributed by atoms with E-state index in [0.717, 1.165) is 96.9 Å². The lowest BCUT2D eigenvalue weighted by molar-refractivity contribution is -0.140. The van der Waals surface area contributed by atoms with Crippen molar-refractivity contribution < 1.29 is 19.1 Å². The number of benzene rings is 1. The lowest BCUT2D eigenvalue weighted by atomic mass is 9.64. The Morgan fingerprint density at radius 3 is 1.76 bits per heavy atom. The summed E-state index contributed by atoms with van der Waals surface area (Å²) in [5, 5.41) is 8.91. The number of methoxy groups -OCH3 is 1. The number of amides is 4. The van der Waals surface area contributed by atoms with E-state index in [9.17, 15) is 14.4 Å². The molecule has 6 fully saturated rings. The second kappa shape index (κ2) is 19.9. The van der Waals surface area contributed by atoms with Gasteiger partial charge in [-0.15, -0.1) is 0 Å². The van der Waals surface area contributed by atoms with Gasteiger partial charge in [0, 0.05) is 63.2 Å². The maximum atomic E-state index is 13.5. The number of esters is 1. The fraction of sp³-hybridized carbons (Fsp3) is 0.725. The molecule has 4 amide bonds. The molecule has 2 spiro atoms. The highest BCUT2D eigenvalue weighted by Gasteiger charge is 2.57. The molecule has 0 bridgehead atoms. The second-order valence-electron chi connectivity index (χ2n) is 20.6. The highest BCUT2D eigenvalue weighted by atomic mass is 16.5. The van der Waals surface area contributed by atoms with Crippen molar-refractivity contribution in [2.45, 2.75) is 144 Å². The number of hydrogen-bond acceptors (Lipinski definition) is 7. The summed E-state index contributed by atoms with van der Waals surface area (Å²) in [6, 6.07) is 13.5. The smallest absolute Gasteiger partial charge is 0.320 e. The summed E-state index contributed by atoms with van der Waals surface area (Å²) in [7, 11) is 10.3. The maximum Gasteiger partial charge on any atom is 0.320 e. The van der Waals surface area contributed by atoms with E-state index in [2.05, 4.69) is 113 Å². The van der Waals surface area contributed by atoms with E-state index < -0.39 is 0 Å². The zero-order chi connectivity index (χ0) is 44.0. The van der Waals surface area contributed by atoms with Gasteiger partial charge >= 0.3 is 18.0 Å².